The molecule has 1 amide bonds. The van der Waals surface area contributed by atoms with Gasteiger partial charge in [-0.1, -0.05) is 41.7 Å². The maximum atomic E-state index is 13.7. The number of fused-ring (bicyclic) bond motifs is 1. The van der Waals surface area contributed by atoms with Crippen LogP contribution in [0.2, 0.25) is 0 Å². The lowest BCUT2D eigenvalue weighted by Crippen LogP contribution is -2.23. The molecule has 3 aromatic heterocycles. The quantitative estimate of drug-likeness (QED) is 0.534. The highest BCUT2D eigenvalue weighted by molar-refractivity contribution is 7.22. The van der Waals surface area contributed by atoms with Crippen LogP contribution in [0.15, 0.2) is 53.3 Å². The Labute approximate surface area is 170 Å². The molecule has 0 aliphatic heterocycles. The van der Waals surface area contributed by atoms with Gasteiger partial charge in [0.2, 0.25) is 0 Å². The van der Waals surface area contributed by atoms with Gasteiger partial charge in [-0.05, 0) is 12.1 Å². The first-order valence-electron chi connectivity index (χ1n) is 8.52. The van der Waals surface area contributed by atoms with E-state index in [1.807, 2.05) is 0 Å². The summed E-state index contributed by atoms with van der Waals surface area (Å²) in [7, 11) is 1.38. The van der Waals surface area contributed by atoms with Crippen LogP contribution >= 0.6 is 11.3 Å². The summed E-state index contributed by atoms with van der Waals surface area (Å²) >= 11 is 0.663. The lowest BCUT2D eigenvalue weighted by Gasteiger charge is -2.09. The summed E-state index contributed by atoms with van der Waals surface area (Å²) in [5.74, 6) is -0.707. The van der Waals surface area contributed by atoms with Crippen molar-refractivity contribution >= 4 is 32.7 Å². The van der Waals surface area contributed by atoms with Gasteiger partial charge in [-0.2, -0.15) is 23.3 Å². The predicted octanol–water partition coefficient (Wildman–Crippen LogP) is 3.72. The van der Waals surface area contributed by atoms with Crippen molar-refractivity contribution in [2.24, 2.45) is 7.05 Å². The molecule has 0 saturated heterocycles. The topological polar surface area (TPSA) is 89.8 Å². The SMILES string of the molecule is Cn1nc(C(=O)Nc2nc3nc(-c4ccccc4)cc(C(F)(F)F)c3s2)ccc1=O. The van der Waals surface area contributed by atoms with Gasteiger partial charge < -0.3 is 0 Å². The molecule has 1 N–H and O–H groups in total. The number of carbonyl (C=O) groups excluding carboxylic acids is 1. The van der Waals surface area contributed by atoms with Gasteiger partial charge in [0.05, 0.1) is 16.0 Å². The third-order valence-corrected chi connectivity index (χ3v) is 5.14. The number of aromatic nitrogens is 4. The van der Waals surface area contributed by atoms with E-state index in [4.69, 9.17) is 0 Å². The molecule has 152 valence electrons. The minimum atomic E-state index is -4.63. The third kappa shape index (κ3) is 3.79. The fourth-order valence-electron chi connectivity index (χ4n) is 2.72. The average molecular weight is 431 g/mol. The largest absolute Gasteiger partial charge is 0.417 e. The summed E-state index contributed by atoms with van der Waals surface area (Å²) in [5.41, 5.74) is -0.859. The monoisotopic (exact) mass is 431 g/mol. The number of pyridine rings is 1. The Balaban J connectivity index is 1.76. The van der Waals surface area contributed by atoms with Crippen LogP contribution in [0.3, 0.4) is 0 Å². The third-order valence-electron chi connectivity index (χ3n) is 4.15. The smallest absolute Gasteiger partial charge is 0.296 e. The van der Waals surface area contributed by atoms with Crippen molar-refractivity contribution in [3.63, 3.8) is 0 Å². The molecule has 0 spiro atoms. The van der Waals surface area contributed by atoms with Crippen molar-refractivity contribution in [2.45, 2.75) is 6.18 Å². The van der Waals surface area contributed by atoms with Crippen LogP contribution < -0.4 is 10.9 Å². The summed E-state index contributed by atoms with van der Waals surface area (Å²) in [5, 5.41) is 6.16. The number of alkyl halides is 3. The number of rotatable bonds is 3. The number of nitrogens with zero attached hydrogens (tertiary/aromatic N) is 4. The molecule has 30 heavy (non-hydrogen) atoms. The van der Waals surface area contributed by atoms with E-state index in [1.165, 1.54) is 13.1 Å². The lowest BCUT2D eigenvalue weighted by atomic mass is 10.1. The summed E-state index contributed by atoms with van der Waals surface area (Å²) in [6.07, 6.45) is -4.63. The van der Waals surface area contributed by atoms with Crippen LogP contribution in [0.1, 0.15) is 16.1 Å². The highest BCUT2D eigenvalue weighted by atomic mass is 32.1. The Morgan fingerprint density at radius 2 is 1.83 bits per heavy atom. The number of benzene rings is 1. The number of amides is 1. The highest BCUT2D eigenvalue weighted by Gasteiger charge is 2.35. The molecule has 0 bridgehead atoms. The first-order valence-corrected chi connectivity index (χ1v) is 9.34. The molecule has 7 nitrogen and oxygen atoms in total. The molecular weight excluding hydrogens is 419 g/mol. The van der Waals surface area contributed by atoms with Gasteiger partial charge in [0.25, 0.3) is 11.5 Å². The molecule has 0 saturated carbocycles. The van der Waals surface area contributed by atoms with Crippen LogP contribution in [-0.2, 0) is 13.2 Å². The number of anilines is 1. The minimum absolute atomic E-state index is 0.0612. The molecule has 0 aliphatic rings. The number of thiazole rings is 1. The molecule has 1 aromatic carbocycles. The Bertz CT molecular complexity index is 1320. The minimum Gasteiger partial charge on any atom is -0.296 e. The molecule has 0 unspecified atom stereocenters. The van der Waals surface area contributed by atoms with E-state index in [1.54, 1.807) is 30.3 Å². The van der Waals surface area contributed by atoms with Crippen molar-refractivity contribution in [3.8, 4) is 11.3 Å². The van der Waals surface area contributed by atoms with Gasteiger partial charge in [0.15, 0.2) is 10.8 Å². The normalized spacial score (nSPS) is 11.6. The standard InChI is InChI=1S/C19H12F3N5O2S/c1-27-14(28)8-7-12(26-27)17(29)25-18-24-16-15(30-18)11(19(20,21)22)9-13(23-16)10-5-3-2-4-6-10/h2-9H,1H3,(H,23,24,25,29). The number of halogens is 3. The van der Waals surface area contributed by atoms with Gasteiger partial charge in [0.1, 0.15) is 5.69 Å². The summed E-state index contributed by atoms with van der Waals surface area (Å²) < 4.78 is 41.7. The molecule has 11 heteroatoms. The molecule has 0 atom stereocenters. The molecular formula is C19H12F3N5O2S. The molecule has 0 radical (unpaired) electrons. The van der Waals surface area contributed by atoms with Crippen molar-refractivity contribution in [1.82, 2.24) is 19.7 Å². The molecule has 4 rings (SSSR count). The van der Waals surface area contributed by atoms with E-state index in [0.29, 0.717) is 16.9 Å². The number of hydrogen-bond donors (Lipinski definition) is 1. The van der Waals surface area contributed by atoms with Gasteiger partial charge in [-0.15, -0.1) is 0 Å². The summed E-state index contributed by atoms with van der Waals surface area (Å²) in [4.78, 5) is 32.0. The van der Waals surface area contributed by atoms with Crippen LogP contribution in [-0.4, -0.2) is 25.7 Å². The number of carbonyl (C=O) groups is 1. The number of hydrogen-bond acceptors (Lipinski definition) is 6. The van der Waals surface area contributed by atoms with Crippen LogP contribution in [0.4, 0.5) is 18.3 Å². The highest BCUT2D eigenvalue weighted by Crippen LogP contribution is 2.40. The van der Waals surface area contributed by atoms with Crippen LogP contribution in [0, 0.1) is 0 Å². The average Bonchev–Trinajstić information content (AvgIpc) is 3.11. The van der Waals surface area contributed by atoms with Gasteiger partial charge in [-0.25, -0.2) is 9.67 Å². The van der Waals surface area contributed by atoms with Crippen LogP contribution in [0.5, 0.6) is 0 Å². The van der Waals surface area contributed by atoms with E-state index in [9.17, 15) is 22.8 Å². The second-order valence-corrected chi connectivity index (χ2v) is 7.22. The van der Waals surface area contributed by atoms with Crippen molar-refractivity contribution in [3.05, 3.63) is 70.1 Å². The zero-order valence-corrected chi connectivity index (χ0v) is 16.1. The van der Waals surface area contributed by atoms with Crippen molar-refractivity contribution in [1.29, 1.82) is 0 Å². The van der Waals surface area contributed by atoms with Gasteiger partial charge in [0, 0.05) is 18.7 Å². The Hall–Kier alpha value is -3.60. The van der Waals surface area contributed by atoms with Gasteiger partial charge >= 0.3 is 6.18 Å². The predicted molar refractivity (Wildman–Crippen MR) is 105 cm³/mol. The Morgan fingerprint density at radius 3 is 2.50 bits per heavy atom. The maximum Gasteiger partial charge on any atom is 0.417 e. The first kappa shape index (κ1) is 19.7. The summed E-state index contributed by atoms with van der Waals surface area (Å²) in [6.45, 7) is 0. The van der Waals surface area contributed by atoms with E-state index >= 15 is 0 Å². The zero-order valence-electron chi connectivity index (χ0n) is 15.3. The second-order valence-electron chi connectivity index (χ2n) is 6.23. The summed E-state index contributed by atoms with van der Waals surface area (Å²) in [6, 6.07) is 11.8. The van der Waals surface area contributed by atoms with E-state index in [2.05, 4.69) is 20.4 Å². The Morgan fingerprint density at radius 1 is 1.10 bits per heavy atom. The molecule has 3 heterocycles. The van der Waals surface area contributed by atoms with Crippen molar-refractivity contribution in [2.75, 3.05) is 5.32 Å². The number of aryl methyl sites for hydroxylation is 1. The first-order chi connectivity index (χ1) is 14.2. The lowest BCUT2D eigenvalue weighted by molar-refractivity contribution is -0.136. The fraction of sp³-hybridized carbons (Fsp3) is 0.105. The molecule has 0 aliphatic carbocycles. The number of nitrogens with one attached hydrogen (secondary N) is 1. The molecule has 4 aromatic rings. The maximum absolute atomic E-state index is 13.7. The Kier molecular flexibility index (Phi) is 4.82. The van der Waals surface area contributed by atoms with Crippen molar-refractivity contribution < 1.29 is 18.0 Å². The second kappa shape index (κ2) is 7.34. The zero-order chi connectivity index (χ0) is 21.5. The van der Waals surface area contributed by atoms with E-state index in [0.717, 1.165) is 16.8 Å². The van der Waals surface area contributed by atoms with E-state index in [-0.39, 0.29) is 26.9 Å². The fourth-order valence-corrected chi connectivity index (χ4v) is 3.65. The molecule has 0 fully saturated rings. The van der Waals surface area contributed by atoms with Crippen LogP contribution in [0.25, 0.3) is 21.6 Å². The van der Waals surface area contributed by atoms with E-state index < -0.39 is 23.2 Å². The van der Waals surface area contributed by atoms with Gasteiger partial charge in [-0.3, -0.25) is 14.9 Å².